The van der Waals surface area contributed by atoms with Gasteiger partial charge in [-0.3, -0.25) is 9.59 Å². The van der Waals surface area contributed by atoms with Crippen LogP contribution in [-0.4, -0.2) is 46.4 Å². The van der Waals surface area contributed by atoms with E-state index in [0.717, 1.165) is 76.0 Å². The maximum Gasteiger partial charge on any atom is 0.226 e. The summed E-state index contributed by atoms with van der Waals surface area (Å²) in [6.45, 7) is 4.15. The summed E-state index contributed by atoms with van der Waals surface area (Å²) < 4.78 is 5.25. The van der Waals surface area contributed by atoms with E-state index >= 15 is 0 Å². The Hall–Kier alpha value is -1.85. The average Bonchev–Trinajstić information content (AvgIpc) is 3.39. The van der Waals surface area contributed by atoms with Crippen molar-refractivity contribution in [3.63, 3.8) is 0 Å². The fourth-order valence-corrected chi connectivity index (χ4v) is 5.06. The third-order valence-electron chi connectivity index (χ3n) is 6.63. The number of aromatic nitrogens is 1. The van der Waals surface area contributed by atoms with Gasteiger partial charge in [0.25, 0.3) is 0 Å². The maximum atomic E-state index is 13.2. The van der Waals surface area contributed by atoms with Crippen LogP contribution >= 0.6 is 0 Å². The summed E-state index contributed by atoms with van der Waals surface area (Å²) in [5.41, 5.74) is 0.884. The highest BCUT2D eigenvalue weighted by Gasteiger charge is 2.37. The second kappa shape index (κ2) is 8.03. The lowest BCUT2D eigenvalue weighted by molar-refractivity contribution is -0.145. The number of aryl methyl sites for hydroxylation is 1. The Morgan fingerprint density at radius 1 is 0.926 bits per heavy atom. The third-order valence-corrected chi connectivity index (χ3v) is 6.63. The number of nitrogens with zero attached hydrogens (tertiary/aromatic N) is 3. The lowest BCUT2D eigenvalue weighted by Crippen LogP contribution is -2.47. The molecule has 0 N–H and O–H groups in total. The molecule has 2 amide bonds. The van der Waals surface area contributed by atoms with Crippen molar-refractivity contribution in [2.75, 3.05) is 19.6 Å². The number of carbonyl (C=O) groups excluding carboxylic acids is 2. The van der Waals surface area contributed by atoms with Gasteiger partial charge in [-0.1, -0.05) is 18.0 Å². The zero-order valence-electron chi connectivity index (χ0n) is 16.4. The Kier molecular flexibility index (Phi) is 5.50. The normalized spacial score (nSPS) is 25.1. The van der Waals surface area contributed by atoms with Crippen molar-refractivity contribution in [1.82, 2.24) is 15.0 Å². The van der Waals surface area contributed by atoms with Gasteiger partial charge in [-0.25, -0.2) is 0 Å². The number of carbonyl (C=O) groups is 2. The van der Waals surface area contributed by atoms with Gasteiger partial charge in [0.15, 0.2) is 0 Å². The molecule has 148 valence electrons. The third kappa shape index (κ3) is 3.90. The minimum atomic E-state index is 0.0335. The first kappa shape index (κ1) is 18.5. The molecule has 3 fully saturated rings. The van der Waals surface area contributed by atoms with Crippen molar-refractivity contribution in [3.05, 3.63) is 17.5 Å². The van der Waals surface area contributed by atoms with Crippen LogP contribution in [0.5, 0.6) is 0 Å². The van der Waals surface area contributed by atoms with E-state index in [1.165, 1.54) is 12.8 Å². The highest BCUT2D eigenvalue weighted by atomic mass is 16.5. The molecule has 0 spiro atoms. The summed E-state index contributed by atoms with van der Waals surface area (Å²) in [5.74, 6) is 1.63. The summed E-state index contributed by atoms with van der Waals surface area (Å²) in [4.78, 5) is 29.9. The minimum absolute atomic E-state index is 0.0335. The van der Waals surface area contributed by atoms with Crippen molar-refractivity contribution < 1.29 is 14.1 Å². The van der Waals surface area contributed by atoms with Crippen LogP contribution in [0.3, 0.4) is 0 Å². The van der Waals surface area contributed by atoms with Crippen LogP contribution in [-0.2, 0) is 9.59 Å². The van der Waals surface area contributed by atoms with E-state index in [4.69, 9.17) is 4.52 Å². The van der Waals surface area contributed by atoms with Crippen LogP contribution in [0.1, 0.15) is 75.3 Å². The van der Waals surface area contributed by atoms with E-state index < -0.39 is 0 Å². The topological polar surface area (TPSA) is 66.7 Å². The maximum absolute atomic E-state index is 13.2. The zero-order chi connectivity index (χ0) is 18.8. The van der Waals surface area contributed by atoms with Crippen LogP contribution in [0.4, 0.5) is 0 Å². The number of hydrogen-bond donors (Lipinski definition) is 0. The van der Waals surface area contributed by atoms with Crippen LogP contribution < -0.4 is 0 Å². The Balaban J connectivity index is 1.37. The zero-order valence-corrected chi connectivity index (χ0v) is 16.4. The monoisotopic (exact) mass is 373 g/mol. The summed E-state index contributed by atoms with van der Waals surface area (Å²) in [6, 6.07) is 2.00. The molecule has 2 aliphatic heterocycles. The van der Waals surface area contributed by atoms with E-state index in [-0.39, 0.29) is 23.8 Å². The molecule has 6 nitrogen and oxygen atoms in total. The van der Waals surface area contributed by atoms with Crippen LogP contribution in [0, 0.1) is 18.8 Å². The largest absolute Gasteiger partial charge is 0.361 e. The molecule has 2 saturated heterocycles. The fourth-order valence-electron chi connectivity index (χ4n) is 5.06. The Morgan fingerprint density at radius 2 is 1.59 bits per heavy atom. The summed E-state index contributed by atoms with van der Waals surface area (Å²) in [6.07, 6.45) is 9.17. The van der Waals surface area contributed by atoms with Crippen LogP contribution in [0.25, 0.3) is 0 Å². The molecule has 3 aliphatic rings. The molecule has 4 rings (SSSR count). The lowest BCUT2D eigenvalue weighted by Gasteiger charge is -2.39. The molecule has 1 unspecified atom stereocenters. The van der Waals surface area contributed by atoms with Gasteiger partial charge in [-0.05, 0) is 51.9 Å². The predicted molar refractivity (Wildman–Crippen MR) is 101 cm³/mol. The van der Waals surface area contributed by atoms with Crippen molar-refractivity contribution in [1.29, 1.82) is 0 Å². The molecule has 6 heteroatoms. The summed E-state index contributed by atoms with van der Waals surface area (Å²) in [7, 11) is 0. The molecule has 1 aromatic rings. The number of likely N-dealkylation sites (tertiary alicyclic amines) is 2. The van der Waals surface area contributed by atoms with Gasteiger partial charge < -0.3 is 14.3 Å². The highest BCUT2D eigenvalue weighted by molar-refractivity contribution is 5.81. The second-order valence-electron chi connectivity index (χ2n) is 8.49. The van der Waals surface area contributed by atoms with Crippen molar-refractivity contribution in [3.8, 4) is 0 Å². The van der Waals surface area contributed by atoms with Crippen LogP contribution in [0.2, 0.25) is 0 Å². The first-order valence-corrected chi connectivity index (χ1v) is 10.7. The number of rotatable bonds is 3. The van der Waals surface area contributed by atoms with E-state index in [1.54, 1.807) is 0 Å². The SMILES string of the molecule is Cc1cc(C2CCCCN2C(=O)C2CCN(C(=O)C3CCCC3)CC2)no1. The van der Waals surface area contributed by atoms with Gasteiger partial charge >= 0.3 is 0 Å². The molecular formula is C21H31N3O3. The smallest absolute Gasteiger partial charge is 0.226 e. The molecule has 0 bridgehead atoms. The predicted octanol–water partition coefficient (Wildman–Crippen LogP) is 3.47. The van der Waals surface area contributed by atoms with Crippen molar-refractivity contribution in [2.24, 2.45) is 11.8 Å². The average molecular weight is 373 g/mol. The molecule has 1 saturated carbocycles. The fraction of sp³-hybridized carbons (Fsp3) is 0.762. The second-order valence-corrected chi connectivity index (χ2v) is 8.49. The van der Waals surface area contributed by atoms with Gasteiger partial charge in [0.2, 0.25) is 11.8 Å². The molecule has 1 aliphatic carbocycles. The van der Waals surface area contributed by atoms with E-state index in [2.05, 4.69) is 5.16 Å². The minimum Gasteiger partial charge on any atom is -0.361 e. The molecule has 27 heavy (non-hydrogen) atoms. The molecular weight excluding hydrogens is 342 g/mol. The Bertz CT molecular complexity index is 672. The van der Waals surface area contributed by atoms with E-state index in [9.17, 15) is 9.59 Å². The standard InChI is InChI=1S/C21H31N3O3/c1-15-14-18(22-27-15)19-8-4-5-11-24(19)21(26)17-9-12-23(13-10-17)20(25)16-6-2-3-7-16/h14,16-17,19H,2-13H2,1H3. The van der Waals surface area contributed by atoms with Gasteiger partial charge in [0.05, 0.1) is 6.04 Å². The van der Waals surface area contributed by atoms with Gasteiger partial charge in [-0.15, -0.1) is 0 Å². The van der Waals surface area contributed by atoms with Crippen molar-refractivity contribution >= 4 is 11.8 Å². The quantitative estimate of drug-likeness (QED) is 0.814. The Labute approximate surface area is 161 Å². The highest BCUT2D eigenvalue weighted by Crippen LogP contribution is 2.34. The molecule has 1 aromatic heterocycles. The molecule has 1 atom stereocenters. The molecule has 0 aromatic carbocycles. The first-order chi connectivity index (χ1) is 13.1. The first-order valence-electron chi connectivity index (χ1n) is 10.7. The number of piperidine rings is 2. The van der Waals surface area contributed by atoms with Crippen molar-refractivity contribution in [2.45, 2.75) is 70.8 Å². The van der Waals surface area contributed by atoms with Crippen LogP contribution in [0.15, 0.2) is 10.6 Å². The summed E-state index contributed by atoms with van der Waals surface area (Å²) >= 11 is 0. The Morgan fingerprint density at radius 3 is 2.26 bits per heavy atom. The molecule has 0 radical (unpaired) electrons. The van der Waals surface area contributed by atoms with Gasteiger partial charge in [0, 0.05) is 37.5 Å². The van der Waals surface area contributed by atoms with Gasteiger partial charge in [-0.2, -0.15) is 0 Å². The van der Waals surface area contributed by atoms with E-state index in [0.29, 0.717) is 5.91 Å². The summed E-state index contributed by atoms with van der Waals surface area (Å²) in [5, 5.41) is 4.17. The number of hydrogen-bond acceptors (Lipinski definition) is 4. The lowest BCUT2D eigenvalue weighted by atomic mass is 9.91. The molecule has 3 heterocycles. The number of amides is 2. The van der Waals surface area contributed by atoms with E-state index in [1.807, 2.05) is 22.8 Å². The van der Waals surface area contributed by atoms with Gasteiger partial charge in [0.1, 0.15) is 11.5 Å².